The number of hydrogen-bond acceptors (Lipinski definition) is 2. The first-order valence-electron chi connectivity index (χ1n) is 6.13. The summed E-state index contributed by atoms with van der Waals surface area (Å²) >= 11 is 0. The molecule has 3 heteroatoms. The number of ether oxygens (including phenoxy) is 1. The Morgan fingerprint density at radius 2 is 1.89 bits per heavy atom. The Bertz CT molecular complexity index is 590. The number of carbonyl (C=O) groups is 1. The van der Waals surface area contributed by atoms with E-state index >= 15 is 0 Å². The van der Waals surface area contributed by atoms with Crippen LogP contribution in [0.3, 0.4) is 0 Å². The summed E-state index contributed by atoms with van der Waals surface area (Å²) in [6, 6.07) is 15.5. The molecule has 2 aromatic rings. The third kappa shape index (κ3) is 3.13. The lowest BCUT2D eigenvalue weighted by Crippen LogP contribution is -2.22. The Hall–Kier alpha value is -2.29. The van der Waals surface area contributed by atoms with E-state index in [0.29, 0.717) is 5.75 Å². The molecule has 0 heterocycles. The molecule has 0 saturated heterocycles. The maximum Gasteiger partial charge on any atom is 0.344 e. The van der Waals surface area contributed by atoms with Crippen molar-refractivity contribution in [2.45, 2.75) is 20.0 Å². The van der Waals surface area contributed by atoms with Gasteiger partial charge in [-0.2, -0.15) is 0 Å². The number of benzene rings is 2. The quantitative estimate of drug-likeness (QED) is 0.910. The molecule has 0 radical (unpaired) electrons. The third-order valence-electron chi connectivity index (χ3n) is 2.95. The summed E-state index contributed by atoms with van der Waals surface area (Å²) in [5.41, 5.74) is 3.31. The summed E-state index contributed by atoms with van der Waals surface area (Å²) in [5, 5.41) is 8.85. The largest absolute Gasteiger partial charge is 0.479 e. The lowest BCUT2D eigenvalue weighted by molar-refractivity contribution is -0.144. The second-order valence-electron chi connectivity index (χ2n) is 4.44. The monoisotopic (exact) mass is 256 g/mol. The van der Waals surface area contributed by atoms with Crippen LogP contribution in [0.15, 0.2) is 48.5 Å². The molecule has 0 aliphatic carbocycles. The summed E-state index contributed by atoms with van der Waals surface area (Å²) < 4.78 is 5.38. The van der Waals surface area contributed by atoms with Gasteiger partial charge in [-0.1, -0.05) is 36.4 Å². The van der Waals surface area contributed by atoms with Crippen LogP contribution in [0, 0.1) is 6.92 Å². The number of aliphatic carboxylic acids is 1. The summed E-state index contributed by atoms with van der Waals surface area (Å²) in [7, 11) is 0. The molecule has 0 fully saturated rings. The number of aryl methyl sites for hydroxylation is 1. The minimum atomic E-state index is -0.971. The van der Waals surface area contributed by atoms with Gasteiger partial charge in [-0.15, -0.1) is 0 Å². The van der Waals surface area contributed by atoms with Crippen molar-refractivity contribution in [3.05, 3.63) is 54.1 Å². The molecule has 98 valence electrons. The molecular formula is C16H16O3. The number of hydrogen-bond donors (Lipinski definition) is 1. The van der Waals surface area contributed by atoms with Crippen LogP contribution >= 0.6 is 0 Å². The van der Waals surface area contributed by atoms with Gasteiger partial charge in [-0.25, -0.2) is 4.79 Å². The van der Waals surface area contributed by atoms with Crippen molar-refractivity contribution in [1.29, 1.82) is 0 Å². The molecule has 0 aliphatic heterocycles. The maximum absolute atomic E-state index is 10.8. The molecule has 0 amide bonds. The molecule has 19 heavy (non-hydrogen) atoms. The van der Waals surface area contributed by atoms with Crippen LogP contribution in [0.4, 0.5) is 0 Å². The van der Waals surface area contributed by atoms with Crippen LogP contribution in [0.1, 0.15) is 12.5 Å². The van der Waals surface area contributed by atoms with E-state index in [9.17, 15) is 4.79 Å². The van der Waals surface area contributed by atoms with Gasteiger partial charge in [-0.05, 0) is 42.7 Å². The first kappa shape index (κ1) is 13.1. The predicted molar refractivity (Wildman–Crippen MR) is 74.3 cm³/mol. The Labute approximate surface area is 112 Å². The van der Waals surface area contributed by atoms with Gasteiger partial charge in [0.1, 0.15) is 5.75 Å². The van der Waals surface area contributed by atoms with Crippen molar-refractivity contribution in [1.82, 2.24) is 0 Å². The average Bonchev–Trinajstić information content (AvgIpc) is 2.39. The molecule has 2 rings (SSSR count). The molecule has 1 unspecified atom stereocenters. The Morgan fingerprint density at radius 1 is 1.16 bits per heavy atom. The van der Waals surface area contributed by atoms with E-state index in [1.54, 1.807) is 6.07 Å². The highest BCUT2D eigenvalue weighted by Gasteiger charge is 2.12. The minimum Gasteiger partial charge on any atom is -0.479 e. The van der Waals surface area contributed by atoms with Gasteiger partial charge in [0.25, 0.3) is 0 Å². The minimum absolute atomic E-state index is 0.565. The summed E-state index contributed by atoms with van der Waals surface area (Å²) in [6.45, 7) is 3.56. The highest BCUT2D eigenvalue weighted by molar-refractivity contribution is 5.72. The third-order valence-corrected chi connectivity index (χ3v) is 2.95. The van der Waals surface area contributed by atoms with Gasteiger partial charge in [0.15, 0.2) is 6.10 Å². The van der Waals surface area contributed by atoms with Gasteiger partial charge < -0.3 is 9.84 Å². The number of carboxylic acid groups (broad SMARTS) is 1. The number of carboxylic acids is 1. The predicted octanol–water partition coefficient (Wildman–Crippen LogP) is 3.51. The molecular weight excluding hydrogens is 240 g/mol. The van der Waals surface area contributed by atoms with Crippen molar-refractivity contribution >= 4 is 5.97 Å². The Balaban J connectivity index is 2.30. The highest BCUT2D eigenvalue weighted by atomic mass is 16.5. The van der Waals surface area contributed by atoms with Crippen molar-refractivity contribution in [2.24, 2.45) is 0 Å². The summed E-state index contributed by atoms with van der Waals surface area (Å²) in [6.07, 6.45) is -0.855. The first-order valence-corrected chi connectivity index (χ1v) is 6.13. The molecule has 1 N–H and O–H groups in total. The normalized spacial score (nSPS) is 11.9. The van der Waals surface area contributed by atoms with E-state index in [2.05, 4.69) is 0 Å². The van der Waals surface area contributed by atoms with Crippen LogP contribution < -0.4 is 4.74 Å². The molecule has 1 atom stereocenters. The van der Waals surface area contributed by atoms with Crippen LogP contribution in [-0.2, 0) is 4.79 Å². The molecule has 0 saturated carbocycles. The fraction of sp³-hybridized carbons (Fsp3) is 0.188. The zero-order chi connectivity index (χ0) is 13.8. The lowest BCUT2D eigenvalue weighted by Gasteiger charge is -2.12. The van der Waals surface area contributed by atoms with Crippen LogP contribution in [0.5, 0.6) is 5.75 Å². The second-order valence-corrected chi connectivity index (χ2v) is 4.44. The fourth-order valence-electron chi connectivity index (χ4n) is 1.89. The van der Waals surface area contributed by atoms with E-state index in [1.807, 2.05) is 49.4 Å². The second kappa shape index (κ2) is 5.57. The van der Waals surface area contributed by atoms with Crippen molar-refractivity contribution in [3.8, 4) is 16.9 Å². The average molecular weight is 256 g/mol. The smallest absolute Gasteiger partial charge is 0.344 e. The van der Waals surface area contributed by atoms with Crippen molar-refractivity contribution < 1.29 is 14.6 Å². The maximum atomic E-state index is 10.8. The molecule has 0 bridgehead atoms. The van der Waals surface area contributed by atoms with Gasteiger partial charge in [0, 0.05) is 0 Å². The zero-order valence-electron chi connectivity index (χ0n) is 11.0. The van der Waals surface area contributed by atoms with Gasteiger partial charge in [0.2, 0.25) is 0 Å². The molecule has 3 nitrogen and oxygen atoms in total. The van der Waals surface area contributed by atoms with E-state index < -0.39 is 12.1 Å². The molecule has 2 aromatic carbocycles. The first-order chi connectivity index (χ1) is 9.08. The van der Waals surface area contributed by atoms with Gasteiger partial charge >= 0.3 is 5.97 Å². The van der Waals surface area contributed by atoms with Crippen LogP contribution in [0.2, 0.25) is 0 Å². The van der Waals surface area contributed by atoms with E-state index in [0.717, 1.165) is 11.1 Å². The Morgan fingerprint density at radius 3 is 2.58 bits per heavy atom. The fourth-order valence-corrected chi connectivity index (χ4v) is 1.89. The van der Waals surface area contributed by atoms with E-state index in [1.165, 1.54) is 12.5 Å². The molecule has 0 aromatic heterocycles. The van der Waals surface area contributed by atoms with Crippen molar-refractivity contribution in [2.75, 3.05) is 0 Å². The van der Waals surface area contributed by atoms with Crippen molar-refractivity contribution in [3.63, 3.8) is 0 Å². The van der Waals surface area contributed by atoms with Gasteiger partial charge in [0.05, 0.1) is 0 Å². The Kier molecular flexibility index (Phi) is 3.85. The SMILES string of the molecule is Cc1ccccc1-c1cccc(OC(C)C(=O)O)c1. The molecule has 0 spiro atoms. The highest BCUT2D eigenvalue weighted by Crippen LogP contribution is 2.26. The van der Waals surface area contributed by atoms with Crippen LogP contribution in [0.25, 0.3) is 11.1 Å². The summed E-state index contributed by atoms with van der Waals surface area (Å²) in [5.74, 6) is -0.406. The topological polar surface area (TPSA) is 46.5 Å². The van der Waals surface area contributed by atoms with E-state index in [-0.39, 0.29) is 0 Å². The van der Waals surface area contributed by atoms with Crippen LogP contribution in [-0.4, -0.2) is 17.2 Å². The lowest BCUT2D eigenvalue weighted by atomic mass is 10.0. The standard InChI is InChI=1S/C16H16O3/c1-11-6-3-4-9-15(11)13-7-5-8-14(10-13)19-12(2)16(17)18/h3-10,12H,1-2H3,(H,17,18). The zero-order valence-corrected chi connectivity index (χ0v) is 11.0. The number of rotatable bonds is 4. The van der Waals surface area contributed by atoms with E-state index in [4.69, 9.17) is 9.84 Å². The summed E-state index contributed by atoms with van der Waals surface area (Å²) in [4.78, 5) is 10.8. The molecule has 0 aliphatic rings. The van der Waals surface area contributed by atoms with Gasteiger partial charge in [-0.3, -0.25) is 0 Å².